The van der Waals surface area contributed by atoms with Crippen molar-refractivity contribution in [1.82, 2.24) is 0 Å². The fourth-order valence-electron chi connectivity index (χ4n) is 1.59. The molecule has 0 amide bonds. The van der Waals surface area contributed by atoms with E-state index in [0.717, 1.165) is 17.3 Å². The van der Waals surface area contributed by atoms with Crippen LogP contribution in [0.1, 0.15) is 5.56 Å². The van der Waals surface area contributed by atoms with Gasteiger partial charge in [-0.05, 0) is 24.8 Å². The van der Waals surface area contributed by atoms with E-state index in [1.807, 2.05) is 19.6 Å². The van der Waals surface area contributed by atoms with Crippen LogP contribution in [0.2, 0.25) is 19.6 Å². The van der Waals surface area contributed by atoms with E-state index in [-0.39, 0.29) is 0 Å². The molecule has 0 saturated carbocycles. The minimum atomic E-state index is -4.29. The van der Waals surface area contributed by atoms with Gasteiger partial charge in [-0.1, -0.05) is 24.3 Å². The van der Waals surface area contributed by atoms with E-state index in [4.69, 9.17) is 8.54 Å². The molecule has 0 aliphatic rings. The fraction of sp³-hybridized carbons (Fsp3) is 0.455. The van der Waals surface area contributed by atoms with Gasteiger partial charge in [-0.25, -0.2) is 0 Å². The van der Waals surface area contributed by atoms with Crippen LogP contribution in [-0.4, -0.2) is 24.7 Å². The van der Waals surface area contributed by atoms with Gasteiger partial charge in [-0.3, -0.25) is 0 Å². The van der Waals surface area contributed by atoms with E-state index in [1.54, 1.807) is 7.11 Å². The number of hydrogen-bond donors (Lipinski definition) is 0. The Hall–Kier alpha value is -0.636. The van der Waals surface area contributed by atoms with Gasteiger partial charge in [-0.15, -0.1) is 0 Å². The van der Waals surface area contributed by atoms with Gasteiger partial charge < -0.3 is 8.54 Å². The molecule has 102 valence electrons. The maximum absolute atomic E-state index is 12.4. The molecule has 1 atom stereocenters. The largest absolute Gasteiger partial charge is 0.434 e. The zero-order valence-electron chi connectivity index (χ0n) is 10.8. The molecule has 1 unspecified atom stereocenters. The van der Waals surface area contributed by atoms with Crippen molar-refractivity contribution in [3.05, 3.63) is 29.8 Å². The van der Waals surface area contributed by atoms with Gasteiger partial charge in [0.15, 0.2) is 0 Å². The van der Waals surface area contributed by atoms with Gasteiger partial charge in [0.25, 0.3) is 0 Å². The highest BCUT2D eigenvalue weighted by Crippen LogP contribution is 2.28. The fourth-order valence-corrected chi connectivity index (χ4v) is 6.81. The van der Waals surface area contributed by atoms with Gasteiger partial charge in [0.2, 0.25) is 8.32 Å². The Bertz CT molecular complexity index is 390. The summed E-state index contributed by atoms with van der Waals surface area (Å²) in [5.41, 5.74) is -0.631. The quantitative estimate of drug-likeness (QED) is 0.795. The molecular weight excluding hydrogens is 277 g/mol. The summed E-state index contributed by atoms with van der Waals surface area (Å²) in [6.45, 7) is 5.81. The average molecular weight is 294 g/mol. The zero-order chi connectivity index (χ0) is 14.0. The smallest absolute Gasteiger partial charge is 0.416 e. The molecule has 0 fully saturated rings. The lowest BCUT2D eigenvalue weighted by Crippen LogP contribution is -2.48. The Balaban J connectivity index is 2.90. The third-order valence-electron chi connectivity index (χ3n) is 2.70. The summed E-state index contributed by atoms with van der Waals surface area (Å²) in [5.74, 6) is 0. The van der Waals surface area contributed by atoms with Gasteiger partial charge in [0.05, 0.1) is 5.56 Å². The van der Waals surface area contributed by atoms with Gasteiger partial charge >= 0.3 is 15.5 Å². The molecule has 18 heavy (non-hydrogen) atoms. The summed E-state index contributed by atoms with van der Waals surface area (Å²) in [4.78, 5) is 0. The SMILES string of the molecule is CO[SiH](C)O[Si](C)(C)c1ccc(C(F)(F)F)cc1. The first-order valence-corrected chi connectivity index (χ1v) is 10.6. The molecule has 2 nitrogen and oxygen atoms in total. The van der Waals surface area contributed by atoms with Crippen LogP contribution in [0.15, 0.2) is 24.3 Å². The molecule has 0 bridgehead atoms. The second kappa shape index (κ2) is 5.56. The van der Waals surface area contributed by atoms with Crippen LogP contribution >= 0.6 is 0 Å². The first kappa shape index (κ1) is 15.4. The maximum atomic E-state index is 12.4. The van der Waals surface area contributed by atoms with Crippen LogP contribution in [0, 0.1) is 0 Å². The lowest BCUT2D eigenvalue weighted by Gasteiger charge is -2.26. The van der Waals surface area contributed by atoms with Gasteiger partial charge in [-0.2, -0.15) is 13.2 Å². The van der Waals surface area contributed by atoms with Crippen LogP contribution in [0.25, 0.3) is 0 Å². The van der Waals surface area contributed by atoms with E-state index in [2.05, 4.69) is 0 Å². The number of rotatable bonds is 4. The topological polar surface area (TPSA) is 18.5 Å². The van der Waals surface area contributed by atoms with Crippen molar-refractivity contribution in [2.45, 2.75) is 25.8 Å². The Labute approximate surface area is 108 Å². The monoisotopic (exact) mass is 294 g/mol. The van der Waals surface area contributed by atoms with Crippen molar-refractivity contribution in [2.24, 2.45) is 0 Å². The zero-order valence-corrected chi connectivity index (χ0v) is 13.0. The van der Waals surface area contributed by atoms with Crippen molar-refractivity contribution in [3.8, 4) is 0 Å². The van der Waals surface area contributed by atoms with Crippen molar-refractivity contribution in [3.63, 3.8) is 0 Å². The van der Waals surface area contributed by atoms with Crippen molar-refractivity contribution in [2.75, 3.05) is 7.11 Å². The minimum Gasteiger partial charge on any atom is -0.434 e. The molecule has 0 aliphatic carbocycles. The second-order valence-corrected chi connectivity index (χ2v) is 10.7. The van der Waals surface area contributed by atoms with E-state index >= 15 is 0 Å². The molecular formula is C11H17F3O2Si2. The summed E-state index contributed by atoms with van der Waals surface area (Å²) in [7, 11) is -2.27. The summed E-state index contributed by atoms with van der Waals surface area (Å²) in [6, 6.07) is 5.22. The normalized spacial score (nSPS) is 14.6. The predicted octanol–water partition coefficient (Wildman–Crippen LogP) is 2.63. The van der Waals surface area contributed by atoms with Crippen LogP contribution in [0.4, 0.5) is 13.2 Å². The first-order valence-electron chi connectivity index (χ1n) is 5.55. The Morgan fingerprint density at radius 1 is 1.11 bits per heavy atom. The molecule has 7 heteroatoms. The Morgan fingerprint density at radius 2 is 1.61 bits per heavy atom. The highest BCUT2D eigenvalue weighted by molar-refractivity contribution is 6.88. The van der Waals surface area contributed by atoms with Crippen molar-refractivity contribution in [1.29, 1.82) is 0 Å². The van der Waals surface area contributed by atoms with Crippen molar-refractivity contribution < 1.29 is 21.7 Å². The molecule has 1 aromatic carbocycles. The van der Waals surface area contributed by atoms with Crippen LogP contribution in [0.3, 0.4) is 0 Å². The van der Waals surface area contributed by atoms with E-state index in [9.17, 15) is 13.2 Å². The molecule has 0 aromatic heterocycles. The van der Waals surface area contributed by atoms with Gasteiger partial charge in [0.1, 0.15) is 0 Å². The molecule has 0 spiro atoms. The number of halogens is 3. The third kappa shape index (κ3) is 3.94. The molecule has 0 heterocycles. The Kier molecular flexibility index (Phi) is 4.76. The number of benzene rings is 1. The molecule has 1 aromatic rings. The summed E-state index contributed by atoms with van der Waals surface area (Å²) in [5, 5.41) is 0.840. The van der Waals surface area contributed by atoms with E-state index in [1.165, 1.54) is 12.1 Å². The average Bonchev–Trinajstić information content (AvgIpc) is 2.27. The summed E-state index contributed by atoms with van der Waals surface area (Å²) < 4.78 is 48.4. The standard InChI is InChI=1S/C11H17F3O2Si2/c1-15-17(2)16-18(3,4)10-7-5-9(6-8-10)11(12,13)14/h5-8,17H,1-4H3. The molecule has 0 saturated heterocycles. The predicted molar refractivity (Wildman–Crippen MR) is 69.7 cm³/mol. The summed E-state index contributed by atoms with van der Waals surface area (Å²) >= 11 is 0. The van der Waals surface area contributed by atoms with Crippen molar-refractivity contribution >= 4 is 22.8 Å². The minimum absolute atomic E-state index is 0.631. The lowest BCUT2D eigenvalue weighted by atomic mass is 10.2. The number of alkyl halides is 3. The lowest BCUT2D eigenvalue weighted by molar-refractivity contribution is -0.137. The van der Waals surface area contributed by atoms with Crippen LogP contribution in [0.5, 0.6) is 0 Å². The maximum Gasteiger partial charge on any atom is 0.416 e. The molecule has 0 radical (unpaired) electrons. The van der Waals surface area contributed by atoms with E-state index < -0.39 is 29.3 Å². The summed E-state index contributed by atoms with van der Waals surface area (Å²) in [6.07, 6.45) is -4.29. The molecule has 0 aliphatic heterocycles. The highest BCUT2D eigenvalue weighted by Gasteiger charge is 2.32. The van der Waals surface area contributed by atoms with Gasteiger partial charge in [0, 0.05) is 7.11 Å². The van der Waals surface area contributed by atoms with Crippen LogP contribution < -0.4 is 5.19 Å². The van der Waals surface area contributed by atoms with E-state index in [0.29, 0.717) is 0 Å². The first-order chi connectivity index (χ1) is 8.16. The number of hydrogen-bond acceptors (Lipinski definition) is 2. The molecule has 0 N–H and O–H groups in total. The molecule has 1 rings (SSSR count). The second-order valence-electron chi connectivity index (χ2n) is 4.51. The Morgan fingerprint density at radius 3 is 2.00 bits per heavy atom. The highest BCUT2D eigenvalue weighted by atomic mass is 28.4. The van der Waals surface area contributed by atoms with Crippen LogP contribution in [-0.2, 0) is 14.7 Å². The third-order valence-corrected chi connectivity index (χ3v) is 8.77.